The number of aromatic nitrogens is 2. The van der Waals surface area contributed by atoms with Gasteiger partial charge in [-0.05, 0) is 18.9 Å². The van der Waals surface area contributed by atoms with Gasteiger partial charge in [0.2, 0.25) is 5.82 Å². The summed E-state index contributed by atoms with van der Waals surface area (Å²) in [6.07, 6.45) is 1.68. The maximum Gasteiger partial charge on any atom is 0.372 e. The summed E-state index contributed by atoms with van der Waals surface area (Å²) in [5, 5.41) is 16.2. The number of nitrogens with one attached hydrogen (secondary N) is 1. The van der Waals surface area contributed by atoms with Crippen LogP contribution in [0, 0.1) is 10.1 Å². The number of piperazine rings is 1. The van der Waals surface area contributed by atoms with Crippen LogP contribution in [0.5, 0.6) is 0 Å². The van der Waals surface area contributed by atoms with Gasteiger partial charge < -0.3 is 20.3 Å². The van der Waals surface area contributed by atoms with E-state index in [9.17, 15) is 10.1 Å². The van der Waals surface area contributed by atoms with Crippen molar-refractivity contribution in [1.29, 1.82) is 0 Å². The van der Waals surface area contributed by atoms with E-state index in [0.717, 1.165) is 26.2 Å². The van der Waals surface area contributed by atoms with Crippen molar-refractivity contribution in [2.45, 2.75) is 13.0 Å². The number of nitro groups is 1. The van der Waals surface area contributed by atoms with Crippen LogP contribution in [0.25, 0.3) is 4.96 Å². The van der Waals surface area contributed by atoms with Crippen molar-refractivity contribution in [3.05, 3.63) is 21.7 Å². The second-order valence-corrected chi connectivity index (χ2v) is 6.54. The highest BCUT2D eigenvalue weighted by Crippen LogP contribution is 2.28. The summed E-state index contributed by atoms with van der Waals surface area (Å²) in [6, 6.07) is 0.313. The zero-order valence-electron chi connectivity index (χ0n) is 12.7. The Bertz CT molecular complexity index is 661. The Morgan fingerprint density at radius 1 is 1.45 bits per heavy atom. The number of likely N-dealkylation sites (N-methyl/N-ethyl adjacent to an activating group) is 1. The molecule has 1 N–H and O–H groups in total. The van der Waals surface area contributed by atoms with Gasteiger partial charge in [-0.3, -0.25) is 4.90 Å². The molecule has 22 heavy (non-hydrogen) atoms. The minimum absolute atomic E-state index is 0.0156. The second-order valence-electron chi connectivity index (χ2n) is 5.67. The van der Waals surface area contributed by atoms with Crippen LogP contribution in [-0.4, -0.2) is 69.9 Å². The number of anilines is 1. The molecule has 2 aromatic rings. The molecule has 0 saturated carbocycles. The molecule has 0 spiro atoms. The number of nitrogens with zero attached hydrogens (tertiary/aromatic N) is 5. The van der Waals surface area contributed by atoms with E-state index in [-0.39, 0.29) is 10.7 Å². The molecule has 0 bridgehead atoms. The monoisotopic (exact) mass is 324 g/mol. The lowest BCUT2D eigenvalue weighted by Gasteiger charge is -2.36. The smallest absolute Gasteiger partial charge is 0.361 e. The van der Waals surface area contributed by atoms with Gasteiger partial charge in [-0.25, -0.2) is 0 Å². The predicted octanol–water partition coefficient (Wildman–Crippen LogP) is 1.35. The van der Waals surface area contributed by atoms with Gasteiger partial charge in [-0.1, -0.05) is 11.3 Å². The van der Waals surface area contributed by atoms with E-state index in [1.807, 2.05) is 0 Å². The number of hydrogen-bond donors (Lipinski definition) is 1. The molecule has 0 aliphatic carbocycles. The lowest BCUT2D eigenvalue weighted by Crippen LogP contribution is -2.49. The first-order valence-corrected chi connectivity index (χ1v) is 8.20. The summed E-state index contributed by atoms with van der Waals surface area (Å²) < 4.78 is 1.52. The quantitative estimate of drug-likeness (QED) is 0.661. The van der Waals surface area contributed by atoms with Gasteiger partial charge in [0.25, 0.3) is 4.96 Å². The van der Waals surface area contributed by atoms with E-state index < -0.39 is 0 Å². The van der Waals surface area contributed by atoms with Crippen molar-refractivity contribution in [2.75, 3.05) is 45.1 Å². The summed E-state index contributed by atoms with van der Waals surface area (Å²) in [5.74, 6) is 0.375. The number of imidazole rings is 1. The first kappa shape index (κ1) is 15.2. The molecule has 1 unspecified atom stereocenters. The van der Waals surface area contributed by atoms with Crippen LogP contribution in [0.1, 0.15) is 6.92 Å². The average Bonchev–Trinajstić information content (AvgIpc) is 3.05. The van der Waals surface area contributed by atoms with E-state index in [2.05, 4.69) is 34.1 Å². The first-order chi connectivity index (χ1) is 10.6. The molecule has 3 heterocycles. The number of fused-ring (bicyclic) bond motifs is 1. The van der Waals surface area contributed by atoms with Crippen molar-refractivity contribution in [3.63, 3.8) is 0 Å². The first-order valence-electron chi connectivity index (χ1n) is 7.32. The van der Waals surface area contributed by atoms with Crippen LogP contribution in [0.4, 0.5) is 11.6 Å². The standard InChI is InChI=1S/C13H20N6O2S/c1-10(17-5-3-16(2)4-6-17)9-14-11-12(19(20)21)18-7-8-22-13(18)15-11/h7-8,10,14H,3-6,9H2,1-2H3. The molecule has 1 saturated heterocycles. The molecule has 3 rings (SSSR count). The molecule has 1 aliphatic rings. The molecule has 2 aromatic heterocycles. The van der Waals surface area contributed by atoms with Crippen LogP contribution in [-0.2, 0) is 0 Å². The van der Waals surface area contributed by atoms with Gasteiger partial charge in [0.15, 0.2) is 0 Å². The maximum absolute atomic E-state index is 11.3. The van der Waals surface area contributed by atoms with Crippen molar-refractivity contribution >= 4 is 27.9 Å². The van der Waals surface area contributed by atoms with E-state index >= 15 is 0 Å². The lowest BCUT2D eigenvalue weighted by atomic mass is 10.2. The largest absolute Gasteiger partial charge is 0.372 e. The lowest BCUT2D eigenvalue weighted by molar-refractivity contribution is -0.389. The average molecular weight is 324 g/mol. The topological polar surface area (TPSA) is 78.9 Å². The van der Waals surface area contributed by atoms with Crippen LogP contribution < -0.4 is 5.32 Å². The molecule has 9 heteroatoms. The molecule has 0 aromatic carbocycles. The summed E-state index contributed by atoms with van der Waals surface area (Å²) in [7, 11) is 2.13. The Labute approximate surface area is 132 Å². The maximum atomic E-state index is 11.3. The molecule has 1 aliphatic heterocycles. The van der Waals surface area contributed by atoms with Gasteiger partial charge in [-0.2, -0.15) is 9.38 Å². The summed E-state index contributed by atoms with van der Waals surface area (Å²) in [4.78, 5) is 20.6. The van der Waals surface area contributed by atoms with Crippen molar-refractivity contribution < 1.29 is 4.92 Å². The van der Waals surface area contributed by atoms with Crippen molar-refractivity contribution in [1.82, 2.24) is 19.2 Å². The molecule has 1 fully saturated rings. The fraction of sp³-hybridized carbons (Fsp3) is 0.615. The predicted molar refractivity (Wildman–Crippen MR) is 86.7 cm³/mol. The summed E-state index contributed by atoms with van der Waals surface area (Å²) >= 11 is 1.39. The third-order valence-corrected chi connectivity index (χ3v) is 4.89. The Balaban J connectivity index is 1.67. The Morgan fingerprint density at radius 2 is 2.18 bits per heavy atom. The zero-order valence-corrected chi connectivity index (χ0v) is 13.5. The Morgan fingerprint density at radius 3 is 2.86 bits per heavy atom. The van der Waals surface area contributed by atoms with Crippen LogP contribution >= 0.6 is 11.3 Å². The third kappa shape index (κ3) is 2.92. The molecular formula is C13H20N6O2S. The normalized spacial score (nSPS) is 18.6. The minimum Gasteiger partial charge on any atom is -0.361 e. The van der Waals surface area contributed by atoms with Crippen molar-refractivity contribution in [3.8, 4) is 0 Å². The van der Waals surface area contributed by atoms with Crippen LogP contribution in [0.15, 0.2) is 11.6 Å². The molecular weight excluding hydrogens is 304 g/mol. The highest BCUT2D eigenvalue weighted by atomic mass is 32.1. The van der Waals surface area contributed by atoms with Crippen LogP contribution in [0.3, 0.4) is 0 Å². The second kappa shape index (κ2) is 6.19. The van der Waals surface area contributed by atoms with E-state index in [0.29, 0.717) is 23.4 Å². The SMILES string of the molecule is CC(CNc1nc2sccn2c1[N+](=O)[O-])N1CCN(C)CC1. The van der Waals surface area contributed by atoms with Gasteiger partial charge >= 0.3 is 5.82 Å². The Kier molecular flexibility index (Phi) is 4.27. The van der Waals surface area contributed by atoms with Gasteiger partial charge in [0.05, 0.1) is 0 Å². The molecule has 1 atom stereocenters. The molecule has 8 nitrogen and oxygen atoms in total. The van der Waals surface area contributed by atoms with E-state index in [1.165, 1.54) is 15.7 Å². The fourth-order valence-corrected chi connectivity index (χ4v) is 3.41. The molecule has 120 valence electrons. The highest BCUT2D eigenvalue weighted by Gasteiger charge is 2.25. The van der Waals surface area contributed by atoms with Gasteiger partial charge in [0.1, 0.15) is 6.20 Å². The summed E-state index contributed by atoms with van der Waals surface area (Å²) in [6.45, 7) is 6.97. The van der Waals surface area contributed by atoms with E-state index in [1.54, 1.807) is 11.6 Å². The summed E-state index contributed by atoms with van der Waals surface area (Å²) in [5.41, 5.74) is 0. The fourth-order valence-electron chi connectivity index (χ4n) is 2.70. The zero-order chi connectivity index (χ0) is 15.7. The number of thiazole rings is 1. The number of hydrogen-bond acceptors (Lipinski definition) is 7. The van der Waals surface area contributed by atoms with Gasteiger partial charge in [0, 0.05) is 44.1 Å². The Hall–Kier alpha value is -1.71. The van der Waals surface area contributed by atoms with Crippen molar-refractivity contribution in [2.24, 2.45) is 0 Å². The molecule has 0 amide bonds. The minimum atomic E-state index is -0.379. The number of rotatable bonds is 5. The highest BCUT2D eigenvalue weighted by molar-refractivity contribution is 7.15. The third-order valence-electron chi connectivity index (χ3n) is 4.14. The molecule has 0 radical (unpaired) electrons. The van der Waals surface area contributed by atoms with Crippen LogP contribution in [0.2, 0.25) is 0 Å². The van der Waals surface area contributed by atoms with Gasteiger partial charge in [-0.15, -0.1) is 0 Å². The van der Waals surface area contributed by atoms with E-state index in [4.69, 9.17) is 0 Å².